The lowest BCUT2D eigenvalue weighted by Gasteiger charge is -2.26. The maximum Gasteiger partial charge on any atom is 0.130 e. The molecule has 1 aliphatic rings. The van der Waals surface area contributed by atoms with Gasteiger partial charge in [-0.15, -0.1) is 0 Å². The Kier molecular flexibility index (Phi) is 5.17. The van der Waals surface area contributed by atoms with Gasteiger partial charge in [0.25, 0.3) is 0 Å². The van der Waals surface area contributed by atoms with Gasteiger partial charge in [-0.1, -0.05) is 12.1 Å². The maximum atomic E-state index is 14.0. The highest BCUT2D eigenvalue weighted by molar-refractivity contribution is 7.99. The third-order valence-corrected chi connectivity index (χ3v) is 4.07. The lowest BCUT2D eigenvalue weighted by molar-refractivity contribution is 0.290. The van der Waals surface area contributed by atoms with Gasteiger partial charge < -0.3 is 0 Å². The number of nitrogens with zero attached hydrogens (tertiary/aromatic N) is 3. The zero-order valence-corrected chi connectivity index (χ0v) is 11.8. The van der Waals surface area contributed by atoms with Crippen LogP contribution in [0, 0.1) is 28.5 Å². The Morgan fingerprint density at radius 3 is 2.60 bits per heavy atom. The van der Waals surface area contributed by atoms with Gasteiger partial charge in [0.2, 0.25) is 0 Å². The Labute approximate surface area is 122 Å². The van der Waals surface area contributed by atoms with Crippen molar-refractivity contribution in [3.05, 3.63) is 40.7 Å². The monoisotopic (exact) mass is 287 g/mol. The minimum absolute atomic E-state index is 0.0230. The number of hydrogen-bond donors (Lipinski definition) is 0. The van der Waals surface area contributed by atoms with E-state index in [4.69, 9.17) is 10.5 Å². The molecule has 0 aromatic heterocycles. The fourth-order valence-electron chi connectivity index (χ4n) is 2.04. The van der Waals surface area contributed by atoms with Crippen molar-refractivity contribution in [3.63, 3.8) is 0 Å². The molecule has 0 bridgehead atoms. The van der Waals surface area contributed by atoms with Crippen molar-refractivity contribution in [2.75, 3.05) is 24.6 Å². The van der Waals surface area contributed by atoms with Gasteiger partial charge in [0, 0.05) is 36.7 Å². The van der Waals surface area contributed by atoms with Crippen molar-refractivity contribution in [3.8, 4) is 12.1 Å². The first-order valence-electron chi connectivity index (χ1n) is 6.33. The molecule has 0 amide bonds. The van der Waals surface area contributed by atoms with Crippen LogP contribution in [0.4, 0.5) is 4.39 Å². The second-order valence-electron chi connectivity index (χ2n) is 4.52. The van der Waals surface area contributed by atoms with Crippen LogP contribution in [0.3, 0.4) is 0 Å². The topological polar surface area (TPSA) is 50.8 Å². The van der Waals surface area contributed by atoms with E-state index in [0.29, 0.717) is 17.7 Å². The van der Waals surface area contributed by atoms with E-state index >= 15 is 0 Å². The smallest absolute Gasteiger partial charge is 0.130 e. The third kappa shape index (κ3) is 3.84. The second kappa shape index (κ2) is 7.09. The Morgan fingerprint density at radius 2 is 2.00 bits per heavy atom. The molecule has 1 aromatic carbocycles. The van der Waals surface area contributed by atoms with Gasteiger partial charge in [-0.2, -0.15) is 22.3 Å². The van der Waals surface area contributed by atoms with E-state index in [9.17, 15) is 4.39 Å². The van der Waals surface area contributed by atoms with Crippen LogP contribution in [0.5, 0.6) is 0 Å². The largest absolute Gasteiger partial charge is 0.297 e. The van der Waals surface area contributed by atoms with Gasteiger partial charge in [-0.3, -0.25) is 4.90 Å². The first-order chi connectivity index (χ1) is 9.72. The van der Waals surface area contributed by atoms with E-state index in [1.807, 2.05) is 11.8 Å². The number of rotatable bonds is 3. The summed E-state index contributed by atoms with van der Waals surface area (Å²) in [5, 5.41) is 17.4. The van der Waals surface area contributed by atoms with Gasteiger partial charge in [0.15, 0.2) is 0 Å². The van der Waals surface area contributed by atoms with Crippen molar-refractivity contribution in [1.29, 1.82) is 10.5 Å². The van der Waals surface area contributed by atoms with E-state index < -0.39 is 0 Å². The van der Waals surface area contributed by atoms with Gasteiger partial charge in [-0.25, -0.2) is 4.39 Å². The molecule has 0 spiro atoms. The number of thioether (sulfide) groups is 1. The van der Waals surface area contributed by atoms with Crippen molar-refractivity contribution in [2.24, 2.45) is 0 Å². The molecule has 1 fully saturated rings. The average Bonchev–Trinajstić information content (AvgIpc) is 2.48. The molecule has 2 rings (SSSR count). The molecule has 0 N–H and O–H groups in total. The summed E-state index contributed by atoms with van der Waals surface area (Å²) in [6.45, 7) is 2.58. The number of allylic oxidation sites excluding steroid dienone is 1. The molecule has 0 unspecified atom stereocenters. The highest BCUT2D eigenvalue weighted by Gasteiger charge is 2.13. The fraction of sp³-hybridized carbons (Fsp3) is 0.333. The molecule has 3 nitrogen and oxygen atoms in total. The van der Waals surface area contributed by atoms with Gasteiger partial charge in [0.05, 0.1) is 0 Å². The summed E-state index contributed by atoms with van der Waals surface area (Å²) in [5.41, 5.74) is 1.17. The van der Waals surface area contributed by atoms with Crippen molar-refractivity contribution in [1.82, 2.24) is 4.90 Å². The summed E-state index contributed by atoms with van der Waals surface area (Å²) in [7, 11) is 0. The van der Waals surface area contributed by atoms with E-state index in [1.54, 1.807) is 24.3 Å². The summed E-state index contributed by atoms with van der Waals surface area (Å²) in [6, 6.07) is 8.38. The molecule has 0 atom stereocenters. The van der Waals surface area contributed by atoms with E-state index in [0.717, 1.165) is 24.6 Å². The molecule has 0 saturated carbocycles. The minimum Gasteiger partial charge on any atom is -0.297 e. The zero-order valence-electron chi connectivity index (χ0n) is 11.0. The summed E-state index contributed by atoms with van der Waals surface area (Å²) in [4.78, 5) is 2.24. The highest BCUT2D eigenvalue weighted by Crippen LogP contribution is 2.17. The number of hydrogen-bond acceptors (Lipinski definition) is 4. The summed E-state index contributed by atoms with van der Waals surface area (Å²) in [5.74, 6) is 1.90. The zero-order chi connectivity index (χ0) is 14.4. The molecule has 0 radical (unpaired) electrons. The van der Waals surface area contributed by atoms with Crippen molar-refractivity contribution < 1.29 is 4.39 Å². The van der Waals surface area contributed by atoms with E-state index in [-0.39, 0.29) is 11.4 Å². The van der Waals surface area contributed by atoms with Crippen LogP contribution in [-0.2, 0) is 6.54 Å². The number of benzene rings is 1. The van der Waals surface area contributed by atoms with Crippen molar-refractivity contribution in [2.45, 2.75) is 6.54 Å². The Morgan fingerprint density at radius 1 is 1.30 bits per heavy atom. The second-order valence-corrected chi connectivity index (χ2v) is 5.75. The van der Waals surface area contributed by atoms with Crippen LogP contribution < -0.4 is 0 Å². The molecule has 20 heavy (non-hydrogen) atoms. The predicted molar refractivity (Wildman–Crippen MR) is 78.2 cm³/mol. The van der Waals surface area contributed by atoms with Crippen LogP contribution in [-0.4, -0.2) is 29.5 Å². The van der Waals surface area contributed by atoms with Crippen LogP contribution in [0.15, 0.2) is 23.8 Å². The number of nitriles is 2. The fourth-order valence-corrected chi connectivity index (χ4v) is 3.02. The molecule has 0 aliphatic carbocycles. The predicted octanol–water partition coefficient (Wildman–Crippen LogP) is 2.81. The van der Waals surface area contributed by atoms with E-state index in [2.05, 4.69) is 4.90 Å². The quantitative estimate of drug-likeness (QED) is 0.802. The van der Waals surface area contributed by atoms with Gasteiger partial charge >= 0.3 is 0 Å². The Bertz CT molecular complexity index is 576. The van der Waals surface area contributed by atoms with Crippen LogP contribution in [0.2, 0.25) is 0 Å². The molecule has 102 valence electrons. The molecular formula is C15H14FN3S. The van der Waals surface area contributed by atoms with Crippen molar-refractivity contribution >= 4 is 17.8 Å². The summed E-state index contributed by atoms with van der Waals surface area (Å²) in [6.07, 6.45) is 1.39. The summed E-state index contributed by atoms with van der Waals surface area (Å²) < 4.78 is 14.0. The Hall–Kier alpha value is -1.82. The van der Waals surface area contributed by atoms with Crippen LogP contribution >= 0.6 is 11.8 Å². The lowest BCUT2D eigenvalue weighted by Crippen LogP contribution is -2.32. The van der Waals surface area contributed by atoms with Gasteiger partial charge in [0.1, 0.15) is 23.5 Å². The SMILES string of the molecule is N#CC(C#N)=Cc1ccc(CN2CCSCC2)c(F)c1. The molecule has 1 aromatic rings. The lowest BCUT2D eigenvalue weighted by atomic mass is 10.1. The average molecular weight is 287 g/mol. The minimum atomic E-state index is -0.285. The maximum absolute atomic E-state index is 14.0. The molecule has 1 heterocycles. The molecular weight excluding hydrogens is 273 g/mol. The standard InChI is InChI=1S/C15H14FN3S/c16-15-8-12(7-13(9-17)10-18)1-2-14(15)11-19-3-5-20-6-4-19/h1-2,7-8H,3-6,11H2. The molecule has 1 aliphatic heterocycles. The molecule has 5 heteroatoms. The third-order valence-electron chi connectivity index (χ3n) is 3.13. The van der Waals surface area contributed by atoms with Gasteiger partial charge in [-0.05, 0) is 17.7 Å². The summed E-state index contributed by atoms with van der Waals surface area (Å²) >= 11 is 1.92. The highest BCUT2D eigenvalue weighted by atomic mass is 32.2. The Balaban J connectivity index is 2.12. The van der Waals surface area contributed by atoms with Crippen LogP contribution in [0.25, 0.3) is 6.08 Å². The number of halogens is 1. The normalized spacial score (nSPS) is 15.2. The first kappa shape index (κ1) is 14.6. The van der Waals surface area contributed by atoms with E-state index in [1.165, 1.54) is 12.1 Å². The first-order valence-corrected chi connectivity index (χ1v) is 7.49. The van der Waals surface area contributed by atoms with Crippen LogP contribution in [0.1, 0.15) is 11.1 Å². The molecule has 1 saturated heterocycles.